The number of hydrogen-bond acceptors (Lipinski definition) is 6. The third-order valence-corrected chi connectivity index (χ3v) is 6.26. The van der Waals surface area contributed by atoms with E-state index in [-0.39, 0.29) is 23.2 Å². The average Bonchev–Trinajstić information content (AvgIpc) is 2.87. The molecule has 0 bridgehead atoms. The van der Waals surface area contributed by atoms with E-state index in [1.165, 1.54) is 13.0 Å². The number of likely N-dealkylation sites (N-methyl/N-ethyl adjacent to an activating group) is 1. The number of hydrogen-bond donors (Lipinski definition) is 2. The first kappa shape index (κ1) is 23.6. The molecule has 1 aromatic heterocycles. The minimum Gasteiger partial charge on any atom is -0.367 e. The minimum absolute atomic E-state index is 0.0325. The molecule has 9 heteroatoms. The highest BCUT2D eigenvalue weighted by atomic mass is 19.2. The molecule has 1 amide bonds. The topological polar surface area (TPSA) is 73.4 Å². The van der Waals surface area contributed by atoms with Gasteiger partial charge in [-0.1, -0.05) is 30.3 Å². The second kappa shape index (κ2) is 9.87. The number of aromatic nitrogens is 2. The molecule has 0 saturated carbocycles. The smallest absolute Gasteiger partial charge is 0.227 e. The maximum Gasteiger partial charge on any atom is 0.227 e. The van der Waals surface area contributed by atoms with Crippen LogP contribution in [0.5, 0.6) is 0 Å². The summed E-state index contributed by atoms with van der Waals surface area (Å²) in [5.74, 6) is -1.86. The maximum absolute atomic E-state index is 15.0. The second-order valence-corrected chi connectivity index (χ2v) is 8.87. The summed E-state index contributed by atoms with van der Waals surface area (Å²) in [5.41, 5.74) is 3.21. The van der Waals surface area contributed by atoms with Gasteiger partial charge in [-0.3, -0.25) is 4.79 Å². The highest BCUT2D eigenvalue weighted by molar-refractivity contribution is 5.95. The first-order valence-corrected chi connectivity index (χ1v) is 11.7. The number of fused-ring (bicyclic) bond motifs is 1. The van der Waals surface area contributed by atoms with E-state index in [1.807, 2.05) is 48.3 Å². The van der Waals surface area contributed by atoms with Crippen LogP contribution in [0.1, 0.15) is 6.92 Å². The summed E-state index contributed by atoms with van der Waals surface area (Å²) < 4.78 is 30.0. The summed E-state index contributed by atoms with van der Waals surface area (Å²) in [4.78, 5) is 24.4. The van der Waals surface area contributed by atoms with Crippen molar-refractivity contribution >= 4 is 39.8 Å². The number of amides is 1. The molecule has 7 nitrogen and oxygen atoms in total. The van der Waals surface area contributed by atoms with Crippen molar-refractivity contribution in [1.29, 1.82) is 0 Å². The van der Waals surface area contributed by atoms with Gasteiger partial charge in [0.2, 0.25) is 11.9 Å². The van der Waals surface area contributed by atoms with Crippen molar-refractivity contribution in [2.24, 2.45) is 0 Å². The van der Waals surface area contributed by atoms with Crippen molar-refractivity contribution in [2.75, 3.05) is 48.8 Å². The van der Waals surface area contributed by atoms with Gasteiger partial charge in [-0.15, -0.1) is 0 Å². The Morgan fingerprint density at radius 2 is 1.75 bits per heavy atom. The van der Waals surface area contributed by atoms with E-state index < -0.39 is 11.6 Å². The van der Waals surface area contributed by atoms with Crippen molar-refractivity contribution in [2.45, 2.75) is 6.92 Å². The van der Waals surface area contributed by atoms with Crippen molar-refractivity contribution in [3.8, 4) is 11.1 Å². The monoisotopic (exact) mass is 488 g/mol. The number of anilines is 4. The Kier molecular flexibility index (Phi) is 6.47. The fraction of sp³-hybridized carbons (Fsp3) is 0.222. The fourth-order valence-corrected chi connectivity index (χ4v) is 4.36. The molecule has 0 atom stereocenters. The standard InChI is InChI=1S/C27H26F2N6O/c1-17(36)31-20-7-3-5-18(15-20)21-8-4-6-19-16-30-27(33-26(19)21)32-22-9-10-23(25(29)24(22)28)35-13-11-34(2)12-14-35/h3-10,15-16H,11-14H2,1-2H3,(H,31,36)(H,30,32,33). The number of carbonyl (C=O) groups is 1. The zero-order valence-electron chi connectivity index (χ0n) is 20.1. The Morgan fingerprint density at radius 1 is 0.972 bits per heavy atom. The van der Waals surface area contributed by atoms with Crippen molar-refractivity contribution in [3.63, 3.8) is 0 Å². The Bertz CT molecular complexity index is 1440. The Morgan fingerprint density at radius 3 is 2.53 bits per heavy atom. The van der Waals surface area contributed by atoms with E-state index in [4.69, 9.17) is 0 Å². The van der Waals surface area contributed by atoms with Crippen molar-refractivity contribution in [3.05, 3.63) is 72.4 Å². The molecule has 0 spiro atoms. The summed E-state index contributed by atoms with van der Waals surface area (Å²) in [7, 11) is 2.01. The predicted octanol–water partition coefficient (Wildman–Crippen LogP) is 5.03. The summed E-state index contributed by atoms with van der Waals surface area (Å²) in [6, 6.07) is 16.2. The molecule has 2 heterocycles. The van der Waals surface area contributed by atoms with Gasteiger partial charge in [-0.2, -0.15) is 0 Å². The van der Waals surface area contributed by atoms with Crippen LogP contribution in [0.4, 0.5) is 31.8 Å². The third kappa shape index (κ3) is 4.83. The number of halogens is 2. The zero-order chi connectivity index (χ0) is 25.2. The quantitative estimate of drug-likeness (QED) is 0.411. The van der Waals surface area contributed by atoms with E-state index in [2.05, 4.69) is 25.5 Å². The van der Waals surface area contributed by atoms with E-state index in [0.29, 0.717) is 24.3 Å². The van der Waals surface area contributed by atoms with Crippen molar-refractivity contribution in [1.82, 2.24) is 14.9 Å². The molecule has 3 aromatic carbocycles. The van der Waals surface area contributed by atoms with E-state index in [9.17, 15) is 9.18 Å². The molecule has 36 heavy (non-hydrogen) atoms. The fourth-order valence-electron chi connectivity index (χ4n) is 4.36. The van der Waals surface area contributed by atoms with Crippen LogP contribution in [-0.4, -0.2) is 54.0 Å². The van der Waals surface area contributed by atoms with Crippen LogP contribution in [0, 0.1) is 11.6 Å². The van der Waals surface area contributed by atoms with Crippen LogP contribution in [0.3, 0.4) is 0 Å². The molecule has 1 fully saturated rings. The first-order valence-electron chi connectivity index (χ1n) is 11.7. The lowest BCUT2D eigenvalue weighted by Gasteiger charge is -2.34. The number of carbonyl (C=O) groups excluding carboxylic acids is 1. The first-order chi connectivity index (χ1) is 17.4. The van der Waals surface area contributed by atoms with E-state index >= 15 is 4.39 Å². The predicted molar refractivity (Wildman–Crippen MR) is 139 cm³/mol. The van der Waals surface area contributed by atoms with Crippen LogP contribution >= 0.6 is 0 Å². The SMILES string of the molecule is CC(=O)Nc1cccc(-c2cccc3cnc(Nc4ccc(N5CCN(C)CC5)c(F)c4F)nc23)c1. The molecule has 0 aliphatic carbocycles. The van der Waals surface area contributed by atoms with Crippen LogP contribution in [-0.2, 0) is 4.79 Å². The van der Waals surface area contributed by atoms with Gasteiger partial charge in [0.05, 0.1) is 16.9 Å². The maximum atomic E-state index is 15.0. The highest BCUT2D eigenvalue weighted by Gasteiger charge is 2.21. The average molecular weight is 489 g/mol. The summed E-state index contributed by atoms with van der Waals surface area (Å²) in [5, 5.41) is 6.41. The van der Waals surface area contributed by atoms with E-state index in [1.54, 1.807) is 18.3 Å². The van der Waals surface area contributed by atoms with Gasteiger partial charge in [-0.25, -0.2) is 18.7 Å². The molecule has 5 rings (SSSR count). The number of nitrogens with zero attached hydrogens (tertiary/aromatic N) is 4. The van der Waals surface area contributed by atoms with Crippen molar-refractivity contribution < 1.29 is 13.6 Å². The normalized spacial score (nSPS) is 14.2. The van der Waals surface area contributed by atoms with Crippen LogP contribution in [0.25, 0.3) is 22.0 Å². The largest absolute Gasteiger partial charge is 0.367 e. The summed E-state index contributed by atoms with van der Waals surface area (Å²) >= 11 is 0. The molecule has 1 aliphatic rings. The number of nitrogens with one attached hydrogen (secondary N) is 2. The van der Waals surface area contributed by atoms with Gasteiger partial charge >= 0.3 is 0 Å². The summed E-state index contributed by atoms with van der Waals surface area (Å²) in [6.07, 6.45) is 1.64. The zero-order valence-corrected chi connectivity index (χ0v) is 20.1. The lowest BCUT2D eigenvalue weighted by Crippen LogP contribution is -2.44. The number of piperazine rings is 1. The van der Waals surface area contributed by atoms with Crippen LogP contribution < -0.4 is 15.5 Å². The Labute approximate surface area is 207 Å². The molecule has 1 saturated heterocycles. The number of para-hydroxylation sites is 1. The van der Waals surface area contributed by atoms with Gasteiger partial charge < -0.3 is 20.4 Å². The molecule has 2 N–H and O–H groups in total. The molecule has 184 valence electrons. The van der Waals surface area contributed by atoms with Crippen LogP contribution in [0.15, 0.2) is 60.8 Å². The van der Waals surface area contributed by atoms with Gasteiger partial charge in [0.15, 0.2) is 11.6 Å². The third-order valence-electron chi connectivity index (χ3n) is 6.26. The van der Waals surface area contributed by atoms with Gasteiger partial charge in [0.25, 0.3) is 0 Å². The van der Waals surface area contributed by atoms with Gasteiger partial charge in [0, 0.05) is 55.9 Å². The number of rotatable bonds is 5. The highest BCUT2D eigenvalue weighted by Crippen LogP contribution is 2.32. The minimum atomic E-state index is -0.966. The van der Waals surface area contributed by atoms with Gasteiger partial charge in [0.1, 0.15) is 0 Å². The Balaban J connectivity index is 1.46. The van der Waals surface area contributed by atoms with Gasteiger partial charge in [-0.05, 0) is 36.9 Å². The molecule has 4 aromatic rings. The molecule has 0 unspecified atom stereocenters. The number of benzene rings is 3. The summed E-state index contributed by atoms with van der Waals surface area (Å²) in [6.45, 7) is 4.32. The molecular weight excluding hydrogens is 462 g/mol. The lowest BCUT2D eigenvalue weighted by atomic mass is 10.0. The molecular formula is C27H26F2N6O. The molecule has 1 aliphatic heterocycles. The lowest BCUT2D eigenvalue weighted by molar-refractivity contribution is -0.114. The van der Waals surface area contributed by atoms with E-state index in [0.717, 1.165) is 29.6 Å². The second-order valence-electron chi connectivity index (χ2n) is 8.87. The van der Waals surface area contributed by atoms with Crippen LogP contribution in [0.2, 0.25) is 0 Å². The molecule has 0 radical (unpaired) electrons. The Hall–Kier alpha value is -4.11.